The fraction of sp³-hybridized carbons (Fsp3) is 0.387. The predicted octanol–water partition coefficient (Wildman–Crippen LogP) is 5.19. The number of fused-ring (bicyclic) bond motifs is 1. The van der Waals surface area contributed by atoms with Gasteiger partial charge in [0.2, 0.25) is 0 Å². The molecule has 0 bridgehead atoms. The number of amides is 1. The molecule has 4 heterocycles. The van der Waals surface area contributed by atoms with Crippen LogP contribution in [0, 0.1) is 12.7 Å². The van der Waals surface area contributed by atoms with E-state index >= 15 is 4.39 Å². The molecule has 4 aromatic rings. The van der Waals surface area contributed by atoms with Crippen molar-refractivity contribution in [3.05, 3.63) is 69.7 Å². The van der Waals surface area contributed by atoms with Gasteiger partial charge in [-0.05, 0) is 73.9 Å². The molecule has 1 saturated carbocycles. The van der Waals surface area contributed by atoms with Crippen LogP contribution in [0.1, 0.15) is 62.3 Å². The van der Waals surface area contributed by atoms with Gasteiger partial charge in [-0.25, -0.2) is 23.5 Å². The molecular formula is C31H33FN6O4. The monoisotopic (exact) mass is 572 g/mol. The molecule has 1 saturated heterocycles. The summed E-state index contributed by atoms with van der Waals surface area (Å²) >= 11 is 0. The second-order valence-corrected chi connectivity index (χ2v) is 11.6. The summed E-state index contributed by atoms with van der Waals surface area (Å²) in [6.45, 7) is 8.67. The molecule has 0 unspecified atom stereocenters. The highest BCUT2D eigenvalue weighted by Crippen LogP contribution is 2.46. The van der Waals surface area contributed by atoms with E-state index in [4.69, 9.17) is 4.98 Å². The third-order valence-electron chi connectivity index (χ3n) is 8.22. The minimum atomic E-state index is -0.988. The standard InChI is InChI=1S/C31H33FN6O4/c1-16(2)25-27(17(3)10-11-33-25)38-29-22(28(35-30(38)40)37-13-12-36(31(41)42)15-18(37)4)14-21(19-8-9-19)26(34-29)20-6-5-7-23(39)24(20)32/h5-7,10-11,14,16,18-19,39H,8-9,12-13,15H2,1-4H3,(H,41,42)/t18-/m0/s1. The Bertz CT molecular complexity index is 1780. The molecule has 1 aromatic carbocycles. The molecule has 0 spiro atoms. The maximum atomic E-state index is 15.4. The zero-order chi connectivity index (χ0) is 29.9. The summed E-state index contributed by atoms with van der Waals surface area (Å²) in [7, 11) is 0. The molecule has 42 heavy (non-hydrogen) atoms. The fourth-order valence-corrected chi connectivity index (χ4v) is 5.92. The summed E-state index contributed by atoms with van der Waals surface area (Å²) < 4.78 is 16.8. The summed E-state index contributed by atoms with van der Waals surface area (Å²) in [6.07, 6.45) is 2.55. The van der Waals surface area contributed by atoms with Crippen LogP contribution < -0.4 is 10.6 Å². The number of halogens is 1. The van der Waals surface area contributed by atoms with E-state index in [-0.39, 0.29) is 36.5 Å². The van der Waals surface area contributed by atoms with Crippen LogP contribution in [0.2, 0.25) is 0 Å². The van der Waals surface area contributed by atoms with Gasteiger partial charge in [-0.15, -0.1) is 0 Å². The number of hydrogen-bond donors (Lipinski definition) is 2. The first kappa shape index (κ1) is 27.6. The zero-order valence-electron chi connectivity index (χ0n) is 24.0. The first-order chi connectivity index (χ1) is 20.1. The Kier molecular flexibility index (Phi) is 6.83. The van der Waals surface area contributed by atoms with E-state index in [1.807, 2.05) is 44.7 Å². The van der Waals surface area contributed by atoms with Gasteiger partial charge in [0.25, 0.3) is 0 Å². The van der Waals surface area contributed by atoms with Crippen molar-refractivity contribution in [1.82, 2.24) is 24.4 Å². The fourth-order valence-electron chi connectivity index (χ4n) is 5.92. The first-order valence-electron chi connectivity index (χ1n) is 14.2. The number of carboxylic acid groups (broad SMARTS) is 1. The van der Waals surface area contributed by atoms with Crippen molar-refractivity contribution in [2.24, 2.45) is 0 Å². The van der Waals surface area contributed by atoms with Crippen LogP contribution >= 0.6 is 0 Å². The van der Waals surface area contributed by atoms with E-state index in [0.717, 1.165) is 24.0 Å². The lowest BCUT2D eigenvalue weighted by atomic mass is 9.99. The third kappa shape index (κ3) is 4.62. The largest absolute Gasteiger partial charge is 0.505 e. The molecule has 11 heteroatoms. The average Bonchev–Trinajstić information content (AvgIpc) is 3.79. The second-order valence-electron chi connectivity index (χ2n) is 11.6. The van der Waals surface area contributed by atoms with Gasteiger partial charge < -0.3 is 20.0 Å². The van der Waals surface area contributed by atoms with Gasteiger partial charge >= 0.3 is 11.8 Å². The molecule has 1 aliphatic heterocycles. The quantitative estimate of drug-likeness (QED) is 0.335. The first-order valence-corrected chi connectivity index (χ1v) is 14.2. The normalized spacial score (nSPS) is 17.3. The minimum absolute atomic E-state index is 0.0145. The highest BCUT2D eigenvalue weighted by atomic mass is 19.1. The smallest absolute Gasteiger partial charge is 0.407 e. The number of phenols is 1. The van der Waals surface area contributed by atoms with Gasteiger partial charge in [0.05, 0.1) is 22.5 Å². The van der Waals surface area contributed by atoms with Gasteiger partial charge in [-0.1, -0.05) is 19.9 Å². The molecule has 1 amide bonds. The van der Waals surface area contributed by atoms with E-state index in [2.05, 4.69) is 9.97 Å². The maximum absolute atomic E-state index is 15.4. The molecule has 2 fully saturated rings. The number of aromatic hydroxyl groups is 1. The van der Waals surface area contributed by atoms with Crippen LogP contribution in [0.15, 0.2) is 41.3 Å². The van der Waals surface area contributed by atoms with Gasteiger partial charge in [-0.3, -0.25) is 4.98 Å². The highest BCUT2D eigenvalue weighted by Gasteiger charge is 2.34. The lowest BCUT2D eigenvalue weighted by Crippen LogP contribution is -2.54. The number of piperazine rings is 1. The van der Waals surface area contributed by atoms with Gasteiger partial charge in [0, 0.05) is 37.4 Å². The number of pyridine rings is 2. The SMILES string of the molecule is Cc1ccnc(C(C)C)c1-n1c(=O)nc(N2CCN(C(=O)O)C[C@@H]2C)c2cc(C3CC3)c(-c3cccc(O)c3F)nc21. The Hall–Kier alpha value is -4.54. The molecule has 1 atom stereocenters. The van der Waals surface area contributed by atoms with Crippen molar-refractivity contribution in [2.75, 3.05) is 24.5 Å². The summed E-state index contributed by atoms with van der Waals surface area (Å²) in [4.78, 5) is 43.2. The van der Waals surface area contributed by atoms with Crippen LogP contribution in [0.5, 0.6) is 5.75 Å². The molecule has 2 N–H and O–H groups in total. The number of rotatable bonds is 5. The summed E-state index contributed by atoms with van der Waals surface area (Å²) in [5, 5.41) is 20.4. The Morgan fingerprint density at radius 2 is 1.90 bits per heavy atom. The molecule has 1 aliphatic carbocycles. The Morgan fingerprint density at radius 3 is 2.57 bits per heavy atom. The molecule has 3 aromatic heterocycles. The Labute approximate surface area is 242 Å². The highest BCUT2D eigenvalue weighted by molar-refractivity contribution is 5.92. The third-order valence-corrected chi connectivity index (χ3v) is 8.22. The number of benzene rings is 1. The molecule has 2 aliphatic rings. The predicted molar refractivity (Wildman–Crippen MR) is 157 cm³/mol. The molecule has 218 valence electrons. The van der Waals surface area contributed by atoms with Gasteiger partial charge in [-0.2, -0.15) is 4.98 Å². The van der Waals surface area contributed by atoms with Crippen LogP contribution in [0.3, 0.4) is 0 Å². The lowest BCUT2D eigenvalue weighted by molar-refractivity contribution is 0.136. The lowest BCUT2D eigenvalue weighted by Gasteiger charge is -2.39. The second kappa shape index (κ2) is 10.4. The topological polar surface area (TPSA) is 125 Å². The van der Waals surface area contributed by atoms with Crippen molar-refractivity contribution >= 4 is 22.9 Å². The average molecular weight is 573 g/mol. The van der Waals surface area contributed by atoms with Crippen molar-refractivity contribution in [2.45, 2.75) is 58.4 Å². The number of nitrogens with zero attached hydrogens (tertiary/aromatic N) is 6. The molecular weight excluding hydrogens is 539 g/mol. The van der Waals surface area contributed by atoms with E-state index in [1.54, 1.807) is 18.3 Å². The van der Waals surface area contributed by atoms with Gasteiger partial charge in [0.15, 0.2) is 17.2 Å². The van der Waals surface area contributed by atoms with E-state index in [9.17, 15) is 19.8 Å². The number of carbonyl (C=O) groups is 1. The number of anilines is 1. The number of aromatic nitrogens is 4. The number of phenolic OH excluding ortho intramolecular Hbond substituents is 1. The Balaban J connectivity index is 1.69. The maximum Gasteiger partial charge on any atom is 0.407 e. The van der Waals surface area contributed by atoms with Crippen LogP contribution in [-0.4, -0.2) is 66.4 Å². The van der Waals surface area contributed by atoms with Crippen LogP contribution in [0.4, 0.5) is 15.0 Å². The molecule has 0 radical (unpaired) electrons. The summed E-state index contributed by atoms with van der Waals surface area (Å²) in [5.74, 6) is -0.680. The van der Waals surface area contributed by atoms with Gasteiger partial charge in [0.1, 0.15) is 5.82 Å². The number of hydrogen-bond acceptors (Lipinski definition) is 7. The van der Waals surface area contributed by atoms with E-state index in [0.29, 0.717) is 40.5 Å². The minimum Gasteiger partial charge on any atom is -0.505 e. The van der Waals surface area contributed by atoms with Crippen LogP contribution in [-0.2, 0) is 0 Å². The van der Waals surface area contributed by atoms with Crippen molar-refractivity contribution in [1.29, 1.82) is 0 Å². The Morgan fingerprint density at radius 1 is 1.14 bits per heavy atom. The van der Waals surface area contributed by atoms with Crippen LogP contribution in [0.25, 0.3) is 28.0 Å². The van der Waals surface area contributed by atoms with Crippen molar-refractivity contribution in [3.8, 4) is 22.7 Å². The van der Waals surface area contributed by atoms with E-state index < -0.39 is 23.3 Å². The van der Waals surface area contributed by atoms with Crippen molar-refractivity contribution < 1.29 is 19.4 Å². The van der Waals surface area contributed by atoms with Crippen molar-refractivity contribution in [3.63, 3.8) is 0 Å². The summed E-state index contributed by atoms with van der Waals surface area (Å²) in [6, 6.07) is 7.98. The zero-order valence-corrected chi connectivity index (χ0v) is 24.0. The summed E-state index contributed by atoms with van der Waals surface area (Å²) in [5.41, 5.74) is 3.20. The molecule has 10 nitrogen and oxygen atoms in total. The molecule has 6 rings (SSSR count). The van der Waals surface area contributed by atoms with E-state index in [1.165, 1.54) is 15.5 Å². The number of aryl methyl sites for hydroxylation is 1.